The van der Waals surface area contributed by atoms with Crippen LogP contribution in [0.15, 0.2) is 54.1 Å². The number of allylic oxidation sites excluding steroid dienone is 2. The Bertz CT molecular complexity index is 990. The second kappa shape index (κ2) is 10.7. The molecule has 6 heteroatoms. The normalized spacial score (nSPS) is 12.5. The molecule has 0 bridgehead atoms. The third kappa shape index (κ3) is 6.62. The fourth-order valence-corrected chi connectivity index (χ4v) is 3.26. The van der Waals surface area contributed by atoms with Gasteiger partial charge >= 0.3 is 0 Å². The summed E-state index contributed by atoms with van der Waals surface area (Å²) in [7, 11) is 0. The van der Waals surface area contributed by atoms with E-state index in [1.807, 2.05) is 13.0 Å². The maximum absolute atomic E-state index is 12.5. The Morgan fingerprint density at radius 1 is 1.03 bits per heavy atom. The number of aryl methyl sites for hydroxylation is 1. The number of rotatable bonds is 10. The zero-order chi connectivity index (χ0) is 23.1. The van der Waals surface area contributed by atoms with Crippen LogP contribution < -0.4 is 0 Å². The number of hydrogen-bond acceptors (Lipinski definition) is 6. The molecule has 1 atom stereocenters. The van der Waals surface area contributed by atoms with Crippen molar-refractivity contribution in [3.8, 4) is 23.0 Å². The van der Waals surface area contributed by atoms with Crippen molar-refractivity contribution in [3.05, 3.63) is 70.8 Å². The van der Waals surface area contributed by atoms with Gasteiger partial charge in [0, 0.05) is 18.1 Å². The largest absolute Gasteiger partial charge is 0.508 e. The van der Waals surface area contributed by atoms with Gasteiger partial charge in [-0.05, 0) is 63.3 Å². The highest BCUT2D eigenvalue weighted by atomic mass is 16.3. The van der Waals surface area contributed by atoms with Crippen LogP contribution in [0.2, 0.25) is 0 Å². The van der Waals surface area contributed by atoms with Crippen molar-refractivity contribution < 1.29 is 30.3 Å². The molecule has 2 aromatic rings. The Morgan fingerprint density at radius 3 is 2.39 bits per heavy atom. The number of phenolic OH excluding ortho intramolecular Hbond substituents is 4. The molecule has 166 valence electrons. The minimum atomic E-state index is -0.560. The van der Waals surface area contributed by atoms with E-state index in [1.165, 1.54) is 18.2 Å². The molecule has 0 saturated heterocycles. The summed E-state index contributed by atoms with van der Waals surface area (Å²) >= 11 is 0. The summed E-state index contributed by atoms with van der Waals surface area (Å²) in [6, 6.07) is 6.87. The molecule has 0 aliphatic heterocycles. The van der Waals surface area contributed by atoms with Crippen LogP contribution in [0.1, 0.15) is 54.6 Å². The molecule has 0 aliphatic rings. The van der Waals surface area contributed by atoms with Crippen LogP contribution in [0.5, 0.6) is 23.0 Å². The Kier molecular flexibility index (Phi) is 8.28. The van der Waals surface area contributed by atoms with Crippen molar-refractivity contribution in [1.82, 2.24) is 0 Å². The Balaban J connectivity index is 2.12. The van der Waals surface area contributed by atoms with E-state index >= 15 is 0 Å². The van der Waals surface area contributed by atoms with Gasteiger partial charge in [0.2, 0.25) is 0 Å². The second-order valence-corrected chi connectivity index (χ2v) is 7.85. The van der Waals surface area contributed by atoms with Crippen molar-refractivity contribution in [2.75, 3.05) is 0 Å². The summed E-state index contributed by atoms with van der Waals surface area (Å²) in [5.74, 6) is -1.16. The van der Waals surface area contributed by atoms with Crippen molar-refractivity contribution in [2.24, 2.45) is 0 Å². The van der Waals surface area contributed by atoms with Gasteiger partial charge < -0.3 is 25.5 Å². The first-order valence-electron chi connectivity index (χ1n) is 10.2. The number of hydrogen-bond donors (Lipinski definition) is 5. The lowest BCUT2D eigenvalue weighted by atomic mass is 9.95. The number of benzene rings is 2. The average Bonchev–Trinajstić information content (AvgIpc) is 2.71. The van der Waals surface area contributed by atoms with Gasteiger partial charge in [0.1, 0.15) is 11.5 Å². The van der Waals surface area contributed by atoms with Gasteiger partial charge in [-0.25, -0.2) is 0 Å². The highest BCUT2D eigenvalue weighted by molar-refractivity contribution is 5.98. The summed E-state index contributed by atoms with van der Waals surface area (Å²) in [5, 5.41) is 49.4. The van der Waals surface area contributed by atoms with E-state index in [2.05, 4.69) is 6.58 Å². The number of carbonyl (C=O) groups is 1. The summed E-state index contributed by atoms with van der Waals surface area (Å²) in [6.07, 6.45) is 3.35. The fourth-order valence-electron chi connectivity index (χ4n) is 3.26. The van der Waals surface area contributed by atoms with Crippen LogP contribution in [-0.4, -0.2) is 37.4 Å². The second-order valence-electron chi connectivity index (χ2n) is 7.85. The Hall–Kier alpha value is -3.25. The molecule has 5 N–H and O–H groups in total. The number of Topliss-reactive ketones (excluding diaryl/α,β-unsaturated/α-hetero) is 1. The van der Waals surface area contributed by atoms with E-state index in [9.17, 15) is 30.3 Å². The topological polar surface area (TPSA) is 118 Å². The van der Waals surface area contributed by atoms with Crippen molar-refractivity contribution in [3.63, 3.8) is 0 Å². The molecule has 0 unspecified atom stereocenters. The number of phenols is 4. The molecule has 0 radical (unpaired) electrons. The van der Waals surface area contributed by atoms with E-state index in [0.717, 1.165) is 11.6 Å². The fraction of sp³-hybridized carbons (Fsp3) is 0.320. The molecule has 0 saturated carbocycles. The van der Waals surface area contributed by atoms with Crippen molar-refractivity contribution >= 4 is 5.78 Å². The first-order valence-corrected chi connectivity index (χ1v) is 10.2. The predicted octanol–water partition coefficient (Wildman–Crippen LogP) is 4.53. The standard InChI is InChI=1S/C25H30O6/c1-15(2)21(27)11-5-16(3)4-9-19-17(7-13-23(29)25(19)31)6-12-22(28)20-10-8-18(26)14-24(20)30/h4,7-8,10,13-14,21,26-27,29-31H,1,5-6,9,11-12H2,2-3H3/t21-/m1/s1. The van der Waals surface area contributed by atoms with E-state index in [0.29, 0.717) is 42.4 Å². The van der Waals surface area contributed by atoms with Gasteiger partial charge in [-0.15, -0.1) is 0 Å². The molecular weight excluding hydrogens is 396 g/mol. The Morgan fingerprint density at radius 2 is 1.74 bits per heavy atom. The predicted molar refractivity (Wildman–Crippen MR) is 120 cm³/mol. The molecule has 0 spiro atoms. The van der Waals surface area contributed by atoms with E-state index < -0.39 is 6.10 Å². The van der Waals surface area contributed by atoms with Crippen LogP contribution in [0, 0.1) is 0 Å². The zero-order valence-electron chi connectivity index (χ0n) is 17.9. The summed E-state index contributed by atoms with van der Waals surface area (Å²) in [5.41, 5.74) is 3.11. The van der Waals surface area contributed by atoms with E-state index in [-0.39, 0.29) is 40.8 Å². The monoisotopic (exact) mass is 426 g/mol. The minimum Gasteiger partial charge on any atom is -0.508 e. The number of carbonyl (C=O) groups excluding carboxylic acids is 1. The minimum absolute atomic E-state index is 0.0864. The SMILES string of the molecule is C=C(C)[C@H](O)CCC(C)=CCc1c(CCC(=O)c2ccc(O)cc2O)ccc(O)c1O. The quantitative estimate of drug-likeness (QED) is 0.216. The molecular formula is C25H30O6. The lowest BCUT2D eigenvalue weighted by Crippen LogP contribution is -2.07. The number of aliphatic hydroxyl groups excluding tert-OH is 1. The van der Waals surface area contributed by atoms with Crippen LogP contribution in [0.4, 0.5) is 0 Å². The van der Waals surface area contributed by atoms with Crippen LogP contribution in [0.25, 0.3) is 0 Å². The Labute approximate surface area is 182 Å². The molecule has 0 aliphatic carbocycles. The van der Waals surface area contributed by atoms with Gasteiger partial charge in [-0.3, -0.25) is 4.79 Å². The molecule has 2 aromatic carbocycles. The molecule has 0 heterocycles. The molecule has 31 heavy (non-hydrogen) atoms. The van der Waals surface area contributed by atoms with Crippen LogP contribution in [-0.2, 0) is 12.8 Å². The third-order valence-corrected chi connectivity index (χ3v) is 5.30. The summed E-state index contributed by atoms with van der Waals surface area (Å²) < 4.78 is 0. The maximum atomic E-state index is 12.5. The van der Waals surface area contributed by atoms with Gasteiger partial charge in [0.05, 0.1) is 11.7 Å². The molecule has 0 amide bonds. The number of aromatic hydroxyl groups is 4. The van der Waals surface area contributed by atoms with Gasteiger partial charge in [0.15, 0.2) is 17.3 Å². The third-order valence-electron chi connectivity index (χ3n) is 5.30. The van der Waals surface area contributed by atoms with Gasteiger partial charge in [0.25, 0.3) is 0 Å². The first-order chi connectivity index (χ1) is 14.6. The van der Waals surface area contributed by atoms with Crippen molar-refractivity contribution in [1.29, 1.82) is 0 Å². The molecule has 0 aromatic heterocycles. The smallest absolute Gasteiger partial charge is 0.166 e. The van der Waals surface area contributed by atoms with Crippen molar-refractivity contribution in [2.45, 2.75) is 52.1 Å². The summed E-state index contributed by atoms with van der Waals surface area (Å²) in [4.78, 5) is 12.5. The highest BCUT2D eigenvalue weighted by Gasteiger charge is 2.16. The lowest BCUT2D eigenvalue weighted by Gasteiger charge is -2.13. The van der Waals surface area contributed by atoms with E-state index in [4.69, 9.17) is 0 Å². The van der Waals surface area contributed by atoms with Crippen LogP contribution in [0.3, 0.4) is 0 Å². The van der Waals surface area contributed by atoms with Gasteiger partial charge in [-0.1, -0.05) is 29.9 Å². The number of aliphatic hydroxyl groups is 1. The maximum Gasteiger partial charge on any atom is 0.166 e. The summed E-state index contributed by atoms with van der Waals surface area (Å²) in [6.45, 7) is 7.45. The van der Waals surface area contributed by atoms with E-state index in [1.54, 1.807) is 13.0 Å². The van der Waals surface area contributed by atoms with Crippen LogP contribution >= 0.6 is 0 Å². The molecule has 2 rings (SSSR count). The van der Waals surface area contributed by atoms with Gasteiger partial charge in [-0.2, -0.15) is 0 Å². The number of ketones is 1. The first kappa shape index (κ1) is 24.0. The zero-order valence-corrected chi connectivity index (χ0v) is 17.9. The lowest BCUT2D eigenvalue weighted by molar-refractivity contribution is 0.0980. The highest BCUT2D eigenvalue weighted by Crippen LogP contribution is 2.33. The molecule has 6 nitrogen and oxygen atoms in total. The average molecular weight is 427 g/mol. The molecule has 0 fully saturated rings.